The van der Waals surface area contributed by atoms with Gasteiger partial charge >= 0.3 is 0 Å². The lowest BCUT2D eigenvalue weighted by Crippen LogP contribution is -2.37. The lowest BCUT2D eigenvalue weighted by Gasteiger charge is -2.22. The maximum atomic E-state index is 12.2. The summed E-state index contributed by atoms with van der Waals surface area (Å²) in [5, 5.41) is 6.29. The first kappa shape index (κ1) is 18.2. The highest BCUT2D eigenvalue weighted by Crippen LogP contribution is 2.41. The lowest BCUT2D eigenvalue weighted by atomic mass is 10.0. The maximum Gasteiger partial charge on any atom is 0.253 e. The molecule has 6 heteroatoms. The van der Waals surface area contributed by atoms with Gasteiger partial charge in [-0.1, -0.05) is 37.3 Å². The van der Waals surface area contributed by atoms with Crippen LogP contribution in [0.15, 0.2) is 52.1 Å². The summed E-state index contributed by atoms with van der Waals surface area (Å²) in [7, 11) is 1.55. The Balaban J connectivity index is 1.59. The van der Waals surface area contributed by atoms with Crippen LogP contribution in [0, 0.1) is 0 Å². The minimum atomic E-state index is -0.529. The molecule has 2 aromatic carbocycles. The number of nitrogens with one attached hydrogen (secondary N) is 2. The molecule has 1 aromatic heterocycles. The Morgan fingerprint density at radius 2 is 1.79 bits per heavy atom. The van der Waals surface area contributed by atoms with Crippen LogP contribution in [0.25, 0.3) is 0 Å². The smallest absolute Gasteiger partial charge is 0.253 e. The van der Waals surface area contributed by atoms with Crippen molar-refractivity contribution in [3.8, 4) is 5.88 Å². The minimum absolute atomic E-state index is 0.0534. The summed E-state index contributed by atoms with van der Waals surface area (Å²) in [4.78, 5) is 28.9. The first-order chi connectivity index (χ1) is 13.6. The molecule has 0 aliphatic heterocycles. The first-order valence-electron chi connectivity index (χ1n) is 9.59. The molecule has 3 aromatic rings. The highest BCUT2D eigenvalue weighted by atomic mass is 16.5. The zero-order valence-corrected chi connectivity index (χ0v) is 16.0. The molecule has 1 heterocycles. The number of hydrogen-bond donors (Lipinski definition) is 2. The standard InChI is InChI=1S/C22H23N3O3/c1-3-15(13-7-5-4-6-8-13)23-18-19(21(27)20(18)26)24-17-12-11-16(14-9-10-14)25-22(17)28-2/h4-8,11-12,14-15,23-24H,3,9-10H2,1-2H3/t15-/m1/s1. The monoisotopic (exact) mass is 377 g/mol. The average molecular weight is 377 g/mol. The van der Waals surface area contributed by atoms with Gasteiger partial charge in [0.25, 0.3) is 10.9 Å². The van der Waals surface area contributed by atoms with Crippen molar-refractivity contribution in [1.82, 2.24) is 4.98 Å². The first-order valence-corrected chi connectivity index (χ1v) is 9.59. The van der Waals surface area contributed by atoms with Crippen molar-refractivity contribution < 1.29 is 4.74 Å². The highest BCUT2D eigenvalue weighted by Gasteiger charge is 2.27. The quantitative estimate of drug-likeness (QED) is 0.580. The van der Waals surface area contributed by atoms with Gasteiger partial charge in [-0.3, -0.25) is 9.59 Å². The van der Waals surface area contributed by atoms with Crippen molar-refractivity contribution in [3.63, 3.8) is 0 Å². The topological polar surface area (TPSA) is 80.3 Å². The molecule has 0 spiro atoms. The van der Waals surface area contributed by atoms with Gasteiger partial charge in [-0.05, 0) is 37.0 Å². The molecule has 0 unspecified atom stereocenters. The van der Waals surface area contributed by atoms with E-state index in [1.54, 1.807) is 7.11 Å². The van der Waals surface area contributed by atoms with E-state index in [0.29, 0.717) is 23.2 Å². The summed E-state index contributed by atoms with van der Waals surface area (Å²) < 4.78 is 5.39. The molecular formula is C22H23N3O3. The molecule has 1 fully saturated rings. The molecule has 1 aliphatic rings. The molecule has 0 bridgehead atoms. The molecule has 0 saturated heterocycles. The number of benzene rings is 1. The van der Waals surface area contributed by atoms with Crippen molar-refractivity contribution in [2.75, 3.05) is 17.7 Å². The van der Waals surface area contributed by atoms with Gasteiger partial charge in [0.05, 0.1) is 13.2 Å². The van der Waals surface area contributed by atoms with Crippen molar-refractivity contribution >= 4 is 17.1 Å². The van der Waals surface area contributed by atoms with Gasteiger partial charge in [0.2, 0.25) is 5.88 Å². The summed E-state index contributed by atoms with van der Waals surface area (Å²) in [6.07, 6.45) is 3.07. The average Bonchev–Trinajstić information content (AvgIpc) is 3.59. The summed E-state index contributed by atoms with van der Waals surface area (Å²) in [5.74, 6) is 0.931. The Hall–Kier alpha value is -3.15. The molecule has 6 nitrogen and oxygen atoms in total. The zero-order valence-electron chi connectivity index (χ0n) is 16.0. The molecule has 2 N–H and O–H groups in total. The van der Waals surface area contributed by atoms with Crippen LogP contribution in [-0.2, 0) is 0 Å². The minimum Gasteiger partial charge on any atom is -0.480 e. The number of nitrogens with zero attached hydrogens (tertiary/aromatic N) is 1. The number of methoxy groups -OCH3 is 1. The van der Waals surface area contributed by atoms with Crippen LogP contribution in [0.2, 0.25) is 0 Å². The van der Waals surface area contributed by atoms with E-state index < -0.39 is 10.9 Å². The largest absolute Gasteiger partial charge is 0.480 e. The Kier molecular flexibility index (Phi) is 4.86. The van der Waals surface area contributed by atoms with Crippen LogP contribution < -0.4 is 26.2 Å². The molecule has 1 atom stereocenters. The fraction of sp³-hybridized carbons (Fsp3) is 0.318. The summed E-state index contributed by atoms with van der Waals surface area (Å²) in [6, 6.07) is 13.6. The van der Waals surface area contributed by atoms with Gasteiger partial charge in [-0.25, -0.2) is 4.98 Å². The van der Waals surface area contributed by atoms with Gasteiger partial charge < -0.3 is 15.4 Å². The van der Waals surface area contributed by atoms with Gasteiger partial charge in [0.15, 0.2) is 0 Å². The van der Waals surface area contributed by atoms with E-state index in [9.17, 15) is 9.59 Å². The van der Waals surface area contributed by atoms with E-state index in [-0.39, 0.29) is 11.7 Å². The summed E-state index contributed by atoms with van der Waals surface area (Å²) in [5.41, 5.74) is 2.19. The van der Waals surface area contributed by atoms with Crippen LogP contribution >= 0.6 is 0 Å². The van der Waals surface area contributed by atoms with Crippen LogP contribution in [0.4, 0.5) is 17.1 Å². The van der Waals surface area contributed by atoms with Crippen molar-refractivity contribution in [1.29, 1.82) is 0 Å². The fourth-order valence-electron chi connectivity index (χ4n) is 3.38. The highest BCUT2D eigenvalue weighted by molar-refractivity contribution is 5.80. The number of pyridine rings is 1. The molecule has 1 aliphatic carbocycles. The second-order valence-corrected chi connectivity index (χ2v) is 7.12. The molecular weight excluding hydrogens is 354 g/mol. The van der Waals surface area contributed by atoms with Gasteiger partial charge in [-0.15, -0.1) is 0 Å². The van der Waals surface area contributed by atoms with Crippen LogP contribution in [0.1, 0.15) is 49.4 Å². The Morgan fingerprint density at radius 3 is 2.43 bits per heavy atom. The molecule has 28 heavy (non-hydrogen) atoms. The number of hydrogen-bond acceptors (Lipinski definition) is 6. The third-order valence-electron chi connectivity index (χ3n) is 5.17. The van der Waals surface area contributed by atoms with Crippen LogP contribution in [-0.4, -0.2) is 12.1 Å². The molecule has 4 rings (SSSR count). The van der Waals surface area contributed by atoms with E-state index in [0.717, 1.165) is 30.5 Å². The summed E-state index contributed by atoms with van der Waals surface area (Å²) in [6.45, 7) is 2.03. The van der Waals surface area contributed by atoms with E-state index in [2.05, 4.69) is 15.6 Å². The third-order valence-corrected chi connectivity index (χ3v) is 5.17. The second-order valence-electron chi connectivity index (χ2n) is 7.12. The van der Waals surface area contributed by atoms with Gasteiger partial charge in [0.1, 0.15) is 17.1 Å². The predicted molar refractivity (Wildman–Crippen MR) is 110 cm³/mol. The lowest BCUT2D eigenvalue weighted by molar-refractivity contribution is 0.398. The predicted octanol–water partition coefficient (Wildman–Crippen LogP) is 3.87. The van der Waals surface area contributed by atoms with E-state index >= 15 is 0 Å². The second kappa shape index (κ2) is 7.46. The van der Waals surface area contributed by atoms with Crippen LogP contribution in [0.3, 0.4) is 0 Å². The Bertz CT molecular complexity index is 1050. The number of aromatic nitrogens is 1. The van der Waals surface area contributed by atoms with Crippen molar-refractivity contribution in [2.45, 2.75) is 38.1 Å². The number of ether oxygens (including phenoxy) is 1. The third kappa shape index (κ3) is 3.38. The Labute approximate surface area is 163 Å². The molecule has 0 amide bonds. The fourth-order valence-corrected chi connectivity index (χ4v) is 3.38. The van der Waals surface area contributed by atoms with Crippen molar-refractivity contribution in [2.24, 2.45) is 0 Å². The number of anilines is 3. The molecule has 1 saturated carbocycles. The van der Waals surface area contributed by atoms with E-state index in [1.807, 2.05) is 49.4 Å². The zero-order chi connectivity index (χ0) is 19.7. The summed E-state index contributed by atoms with van der Waals surface area (Å²) >= 11 is 0. The molecule has 144 valence electrons. The van der Waals surface area contributed by atoms with Crippen LogP contribution in [0.5, 0.6) is 5.88 Å². The molecule has 0 radical (unpaired) electrons. The normalized spacial score (nSPS) is 14.6. The van der Waals surface area contributed by atoms with E-state index in [4.69, 9.17) is 4.74 Å². The van der Waals surface area contributed by atoms with Gasteiger partial charge in [0, 0.05) is 11.6 Å². The Morgan fingerprint density at radius 1 is 1.07 bits per heavy atom. The maximum absolute atomic E-state index is 12.2. The number of rotatable bonds is 8. The SMILES string of the molecule is CC[C@@H](Nc1c(Nc2ccc(C3CC3)nc2OC)c(=O)c1=O)c1ccccc1. The van der Waals surface area contributed by atoms with Crippen molar-refractivity contribution in [3.05, 3.63) is 74.2 Å². The van der Waals surface area contributed by atoms with Gasteiger partial charge in [-0.2, -0.15) is 0 Å². The van der Waals surface area contributed by atoms with E-state index in [1.165, 1.54) is 0 Å².